The second-order valence-corrected chi connectivity index (χ2v) is 7.56. The van der Waals surface area contributed by atoms with Gasteiger partial charge in [-0.15, -0.1) is 0 Å². The summed E-state index contributed by atoms with van der Waals surface area (Å²) in [6.45, 7) is 6.62. The zero-order valence-corrected chi connectivity index (χ0v) is 15.4. The lowest BCUT2D eigenvalue weighted by Gasteiger charge is -2.15. The third kappa shape index (κ3) is 4.15. The Bertz CT molecular complexity index is 819. The van der Waals surface area contributed by atoms with Crippen LogP contribution < -0.4 is 5.56 Å². The molecule has 0 saturated carbocycles. The van der Waals surface area contributed by atoms with Crippen molar-refractivity contribution < 1.29 is 9.53 Å². The number of fused-ring (bicyclic) bond motifs is 1. The van der Waals surface area contributed by atoms with Gasteiger partial charge in [-0.25, -0.2) is 9.78 Å². The van der Waals surface area contributed by atoms with Crippen molar-refractivity contribution >= 4 is 28.8 Å². The highest BCUT2D eigenvalue weighted by Crippen LogP contribution is 2.19. The van der Waals surface area contributed by atoms with Crippen molar-refractivity contribution in [2.45, 2.75) is 32.0 Å². The number of hydrogen-bond acceptors (Lipinski definition) is 5. The molecule has 0 atom stereocenters. The Labute approximate surface area is 151 Å². The van der Waals surface area contributed by atoms with Crippen LogP contribution in [0.15, 0.2) is 34.2 Å². The lowest BCUT2D eigenvalue weighted by Crippen LogP contribution is -2.28. The van der Waals surface area contributed by atoms with Gasteiger partial charge in [0.1, 0.15) is 6.61 Å². The van der Waals surface area contributed by atoms with Gasteiger partial charge in [-0.3, -0.25) is 9.36 Å². The lowest BCUT2D eigenvalue weighted by atomic mass is 10.1. The Morgan fingerprint density at radius 1 is 1.24 bits per heavy atom. The first kappa shape index (κ1) is 17.8. The summed E-state index contributed by atoms with van der Waals surface area (Å²) in [5.74, 6) is 1.19. The fraction of sp³-hybridized carbons (Fsp3) is 0.500. The van der Waals surface area contributed by atoms with Crippen LogP contribution in [0.1, 0.15) is 20.3 Å². The second kappa shape index (κ2) is 7.91. The maximum atomic E-state index is 12.9. The predicted octanol–water partition coefficient (Wildman–Crippen LogP) is 2.99. The smallest absolute Gasteiger partial charge is 0.409 e. The van der Waals surface area contributed by atoms with Crippen molar-refractivity contribution in [2.75, 3.05) is 25.4 Å². The van der Waals surface area contributed by atoms with Crippen LogP contribution in [-0.2, 0) is 11.3 Å². The number of ether oxygens (including phenoxy) is 1. The summed E-state index contributed by atoms with van der Waals surface area (Å²) in [5, 5.41) is 1.37. The summed E-state index contributed by atoms with van der Waals surface area (Å²) in [5.41, 5.74) is 0.728. The molecule has 0 radical (unpaired) electrons. The molecule has 6 nitrogen and oxygen atoms in total. The van der Waals surface area contributed by atoms with Gasteiger partial charge in [0.25, 0.3) is 5.56 Å². The first-order valence-corrected chi connectivity index (χ1v) is 9.59. The minimum absolute atomic E-state index is 0.00864. The molecular formula is C18H23N3O3S. The third-order valence-electron chi connectivity index (χ3n) is 4.19. The first-order valence-electron chi connectivity index (χ1n) is 8.60. The van der Waals surface area contributed by atoms with E-state index in [0.29, 0.717) is 43.3 Å². The maximum Gasteiger partial charge on any atom is 0.409 e. The van der Waals surface area contributed by atoms with Gasteiger partial charge in [-0.1, -0.05) is 37.7 Å². The number of rotatable bonds is 7. The van der Waals surface area contributed by atoms with E-state index in [0.717, 1.165) is 17.1 Å². The zero-order valence-electron chi connectivity index (χ0n) is 14.6. The topological polar surface area (TPSA) is 64.4 Å². The molecule has 1 saturated heterocycles. The van der Waals surface area contributed by atoms with Crippen molar-refractivity contribution in [1.82, 2.24) is 14.5 Å². The number of benzene rings is 1. The summed E-state index contributed by atoms with van der Waals surface area (Å²) in [7, 11) is 0. The van der Waals surface area contributed by atoms with Crippen LogP contribution in [0.25, 0.3) is 10.9 Å². The Morgan fingerprint density at radius 3 is 2.76 bits per heavy atom. The first-order chi connectivity index (χ1) is 12.1. The number of thioether (sulfide) groups is 1. The summed E-state index contributed by atoms with van der Waals surface area (Å²) >= 11 is 1.52. The molecule has 1 amide bonds. The number of hydrogen-bond donors (Lipinski definition) is 0. The van der Waals surface area contributed by atoms with E-state index in [1.54, 1.807) is 9.47 Å². The molecule has 134 valence electrons. The molecule has 2 aromatic rings. The average Bonchev–Trinajstić information content (AvgIpc) is 2.99. The quantitative estimate of drug-likeness (QED) is 0.560. The van der Waals surface area contributed by atoms with Gasteiger partial charge in [0, 0.05) is 18.8 Å². The molecule has 3 rings (SSSR count). The van der Waals surface area contributed by atoms with E-state index in [1.807, 2.05) is 24.3 Å². The molecule has 2 heterocycles. The summed E-state index contributed by atoms with van der Waals surface area (Å²) < 4.78 is 6.71. The molecule has 25 heavy (non-hydrogen) atoms. The van der Waals surface area contributed by atoms with Crippen LogP contribution in [-0.4, -0.2) is 46.0 Å². The molecule has 0 bridgehead atoms. The Morgan fingerprint density at radius 2 is 2.04 bits per heavy atom. The number of amides is 1. The highest BCUT2D eigenvalue weighted by Gasteiger charge is 2.21. The van der Waals surface area contributed by atoms with Crippen molar-refractivity contribution in [3.8, 4) is 0 Å². The summed E-state index contributed by atoms with van der Waals surface area (Å²) in [6, 6.07) is 7.45. The van der Waals surface area contributed by atoms with Crippen LogP contribution in [0.2, 0.25) is 0 Å². The minimum atomic E-state index is -0.260. The zero-order chi connectivity index (χ0) is 17.8. The van der Waals surface area contributed by atoms with E-state index in [1.165, 1.54) is 11.8 Å². The van der Waals surface area contributed by atoms with Crippen LogP contribution >= 0.6 is 11.8 Å². The van der Waals surface area contributed by atoms with E-state index in [9.17, 15) is 9.59 Å². The van der Waals surface area contributed by atoms with Crippen LogP contribution in [0.4, 0.5) is 4.79 Å². The molecule has 0 N–H and O–H groups in total. The maximum absolute atomic E-state index is 12.9. The predicted molar refractivity (Wildman–Crippen MR) is 99.1 cm³/mol. The standard InChI is InChI=1S/C18H23N3O3S/c1-13(2)7-8-21-16(22)14-5-3-4-6-15(14)19-17(21)25-12-10-20-9-11-24-18(20)23/h3-6,13H,7-12H2,1-2H3. The van der Waals surface area contributed by atoms with Gasteiger partial charge in [0.2, 0.25) is 0 Å². The van der Waals surface area contributed by atoms with E-state index >= 15 is 0 Å². The molecular weight excluding hydrogens is 338 g/mol. The monoisotopic (exact) mass is 361 g/mol. The van der Waals surface area contributed by atoms with Crippen LogP contribution in [0.3, 0.4) is 0 Å². The fourth-order valence-corrected chi connectivity index (χ4v) is 3.71. The molecule has 0 spiro atoms. The molecule has 1 aromatic heterocycles. The van der Waals surface area contributed by atoms with E-state index < -0.39 is 0 Å². The second-order valence-electron chi connectivity index (χ2n) is 6.50. The molecule has 1 aliphatic rings. The Hall–Kier alpha value is -2.02. The molecule has 1 aromatic carbocycles. The van der Waals surface area contributed by atoms with Gasteiger partial charge in [-0.2, -0.15) is 0 Å². The summed E-state index contributed by atoms with van der Waals surface area (Å²) in [4.78, 5) is 30.7. The molecule has 1 aliphatic heterocycles. The van der Waals surface area contributed by atoms with Gasteiger partial charge in [0.15, 0.2) is 5.16 Å². The number of carbonyl (C=O) groups excluding carboxylic acids is 1. The molecule has 1 fully saturated rings. The highest BCUT2D eigenvalue weighted by molar-refractivity contribution is 7.99. The van der Waals surface area contributed by atoms with E-state index in [-0.39, 0.29) is 11.7 Å². The molecule has 7 heteroatoms. The van der Waals surface area contributed by atoms with Gasteiger partial charge >= 0.3 is 6.09 Å². The van der Waals surface area contributed by atoms with Gasteiger partial charge in [-0.05, 0) is 24.5 Å². The van der Waals surface area contributed by atoms with E-state index in [4.69, 9.17) is 4.74 Å². The third-order valence-corrected chi connectivity index (χ3v) is 5.15. The Balaban J connectivity index is 1.82. The minimum Gasteiger partial charge on any atom is -0.448 e. The Kier molecular flexibility index (Phi) is 5.63. The average molecular weight is 361 g/mol. The number of nitrogens with zero attached hydrogens (tertiary/aromatic N) is 3. The molecule has 0 unspecified atom stereocenters. The van der Waals surface area contributed by atoms with Gasteiger partial charge in [0.05, 0.1) is 17.4 Å². The normalized spacial score (nSPS) is 14.5. The van der Waals surface area contributed by atoms with Crippen LogP contribution in [0.5, 0.6) is 0 Å². The lowest BCUT2D eigenvalue weighted by molar-refractivity contribution is 0.160. The largest absolute Gasteiger partial charge is 0.448 e. The van der Waals surface area contributed by atoms with Crippen LogP contribution in [0, 0.1) is 5.92 Å². The number of para-hydroxylation sites is 1. The number of cyclic esters (lactones) is 1. The highest BCUT2D eigenvalue weighted by atomic mass is 32.2. The fourth-order valence-electron chi connectivity index (χ4n) is 2.72. The molecule has 0 aliphatic carbocycles. The van der Waals surface area contributed by atoms with Gasteiger partial charge < -0.3 is 9.64 Å². The van der Waals surface area contributed by atoms with Crippen molar-refractivity contribution in [3.63, 3.8) is 0 Å². The van der Waals surface area contributed by atoms with E-state index in [2.05, 4.69) is 18.8 Å². The van der Waals surface area contributed by atoms with Crippen molar-refractivity contribution in [1.29, 1.82) is 0 Å². The summed E-state index contributed by atoms with van der Waals surface area (Å²) in [6.07, 6.45) is 0.663. The SMILES string of the molecule is CC(C)CCn1c(SCCN2CCOC2=O)nc2ccccc2c1=O. The van der Waals surface area contributed by atoms with Crippen molar-refractivity contribution in [3.05, 3.63) is 34.6 Å². The number of carbonyl (C=O) groups is 1. The number of aromatic nitrogens is 2. The van der Waals surface area contributed by atoms with Crippen molar-refractivity contribution in [2.24, 2.45) is 5.92 Å².